The molecule has 0 N–H and O–H groups in total. The van der Waals surface area contributed by atoms with Crippen LogP contribution in [0.2, 0.25) is 0 Å². The zero-order valence-electron chi connectivity index (χ0n) is 11.9. The molecule has 21 heavy (non-hydrogen) atoms. The Hall–Kier alpha value is -1.75. The van der Waals surface area contributed by atoms with E-state index in [1.54, 1.807) is 13.8 Å². The van der Waals surface area contributed by atoms with Gasteiger partial charge in [0.1, 0.15) is 11.6 Å². The molecule has 2 aromatic rings. The van der Waals surface area contributed by atoms with Crippen LogP contribution in [0.1, 0.15) is 25.0 Å². The first-order chi connectivity index (χ1) is 9.90. The molecule has 112 valence electrons. The number of aryl methyl sites for hydroxylation is 2. The van der Waals surface area contributed by atoms with Gasteiger partial charge >= 0.3 is 0 Å². The molecule has 0 fully saturated rings. The molecular weight excluding hydrogens is 294 g/mol. The average molecular weight is 310 g/mol. The normalized spacial score (nSPS) is 11.6. The summed E-state index contributed by atoms with van der Waals surface area (Å²) >= 11 is 0. The van der Waals surface area contributed by atoms with Crippen molar-refractivity contribution in [3.63, 3.8) is 0 Å². The lowest BCUT2D eigenvalue weighted by atomic mass is 10.1. The highest BCUT2D eigenvalue weighted by molar-refractivity contribution is 7.91. The van der Waals surface area contributed by atoms with E-state index in [1.807, 2.05) is 0 Å². The largest absolute Gasteiger partial charge is 0.218 e. The van der Waals surface area contributed by atoms with Crippen LogP contribution in [0, 0.1) is 11.6 Å². The van der Waals surface area contributed by atoms with Gasteiger partial charge in [0, 0.05) is 0 Å². The molecule has 2 rings (SSSR count). The Morgan fingerprint density at radius 2 is 1.19 bits per heavy atom. The zero-order chi connectivity index (χ0) is 15.6. The third-order valence-electron chi connectivity index (χ3n) is 3.39. The maximum atomic E-state index is 13.3. The fourth-order valence-corrected chi connectivity index (χ4v) is 4.12. The number of sulfone groups is 1. The van der Waals surface area contributed by atoms with E-state index in [4.69, 9.17) is 0 Å². The number of benzene rings is 2. The second-order valence-electron chi connectivity index (χ2n) is 4.71. The molecule has 0 aliphatic carbocycles. The van der Waals surface area contributed by atoms with E-state index in [1.165, 1.54) is 24.3 Å². The van der Waals surface area contributed by atoms with Crippen molar-refractivity contribution in [1.29, 1.82) is 0 Å². The number of hydrogen-bond acceptors (Lipinski definition) is 2. The minimum Gasteiger partial charge on any atom is -0.218 e. The molecule has 0 aliphatic heterocycles. The highest BCUT2D eigenvalue weighted by atomic mass is 32.2. The maximum absolute atomic E-state index is 13.3. The summed E-state index contributed by atoms with van der Waals surface area (Å²) in [5, 5.41) is 0. The molecule has 5 heteroatoms. The molecule has 0 atom stereocenters. The fourth-order valence-electron chi connectivity index (χ4n) is 2.29. The molecule has 0 radical (unpaired) electrons. The first-order valence-corrected chi connectivity index (χ1v) is 8.20. The Balaban J connectivity index is 2.68. The molecule has 0 bridgehead atoms. The molecule has 0 aromatic heterocycles. The van der Waals surface area contributed by atoms with Crippen molar-refractivity contribution in [1.82, 2.24) is 0 Å². The van der Waals surface area contributed by atoms with E-state index >= 15 is 0 Å². The SMILES string of the molecule is CCc1cc(F)ccc1S(=O)(=O)c1ccc(F)cc1CC. The van der Waals surface area contributed by atoms with Crippen LogP contribution < -0.4 is 0 Å². The van der Waals surface area contributed by atoms with Crippen LogP contribution in [0.15, 0.2) is 46.2 Å². The summed E-state index contributed by atoms with van der Waals surface area (Å²) in [7, 11) is -3.79. The predicted octanol–water partition coefficient (Wildman–Crippen LogP) is 3.92. The summed E-state index contributed by atoms with van der Waals surface area (Å²) in [6.45, 7) is 3.53. The van der Waals surface area contributed by atoms with Crippen LogP contribution in [-0.4, -0.2) is 8.42 Å². The lowest BCUT2D eigenvalue weighted by Gasteiger charge is -2.12. The Labute approximate surface area is 123 Å². The Morgan fingerprint density at radius 3 is 1.52 bits per heavy atom. The van der Waals surface area contributed by atoms with Crippen LogP contribution in [0.5, 0.6) is 0 Å². The van der Waals surface area contributed by atoms with Gasteiger partial charge in [-0.05, 0) is 60.4 Å². The van der Waals surface area contributed by atoms with E-state index in [0.717, 1.165) is 12.1 Å². The Bertz CT molecular complexity index is 708. The maximum Gasteiger partial charge on any atom is 0.207 e. The highest BCUT2D eigenvalue weighted by Crippen LogP contribution is 2.28. The van der Waals surface area contributed by atoms with Crippen LogP contribution in [-0.2, 0) is 22.7 Å². The van der Waals surface area contributed by atoms with E-state index in [2.05, 4.69) is 0 Å². The molecule has 0 spiro atoms. The third kappa shape index (κ3) is 2.97. The Morgan fingerprint density at radius 1 is 0.810 bits per heavy atom. The first-order valence-electron chi connectivity index (χ1n) is 6.72. The van der Waals surface area contributed by atoms with E-state index in [-0.39, 0.29) is 9.79 Å². The summed E-state index contributed by atoms with van der Waals surface area (Å²) in [6.07, 6.45) is 0.796. The number of hydrogen-bond donors (Lipinski definition) is 0. The molecule has 0 saturated heterocycles. The zero-order valence-corrected chi connectivity index (χ0v) is 12.7. The summed E-state index contributed by atoms with van der Waals surface area (Å²) in [4.78, 5) is 0.153. The van der Waals surface area contributed by atoms with Gasteiger partial charge < -0.3 is 0 Å². The van der Waals surface area contributed by atoms with E-state index in [9.17, 15) is 17.2 Å². The van der Waals surface area contributed by atoms with Crippen LogP contribution in [0.3, 0.4) is 0 Å². The van der Waals surface area contributed by atoms with Crippen molar-refractivity contribution in [2.45, 2.75) is 36.5 Å². The molecule has 0 heterocycles. The lowest BCUT2D eigenvalue weighted by molar-refractivity contribution is 0.590. The van der Waals surface area contributed by atoms with Crippen LogP contribution >= 0.6 is 0 Å². The standard InChI is InChI=1S/C16H16F2O2S/c1-3-11-9-13(17)5-7-15(11)21(19,20)16-8-6-14(18)10-12(16)4-2/h5-10H,3-4H2,1-2H3. The van der Waals surface area contributed by atoms with Crippen LogP contribution in [0.25, 0.3) is 0 Å². The van der Waals surface area contributed by atoms with Gasteiger partial charge in [-0.2, -0.15) is 0 Å². The minimum absolute atomic E-state index is 0.0766. The van der Waals surface area contributed by atoms with E-state index < -0.39 is 21.5 Å². The second kappa shape index (κ2) is 5.93. The third-order valence-corrected chi connectivity index (χ3v) is 5.34. The lowest BCUT2D eigenvalue weighted by Crippen LogP contribution is -2.09. The van der Waals surface area contributed by atoms with Crippen molar-refractivity contribution in [3.05, 3.63) is 59.2 Å². The quantitative estimate of drug-likeness (QED) is 0.802. The van der Waals surface area contributed by atoms with Crippen molar-refractivity contribution in [2.24, 2.45) is 0 Å². The monoisotopic (exact) mass is 310 g/mol. The van der Waals surface area contributed by atoms with Crippen molar-refractivity contribution < 1.29 is 17.2 Å². The van der Waals surface area contributed by atoms with Gasteiger partial charge in [-0.3, -0.25) is 0 Å². The average Bonchev–Trinajstić information content (AvgIpc) is 2.46. The van der Waals surface area contributed by atoms with Crippen molar-refractivity contribution >= 4 is 9.84 Å². The Kier molecular flexibility index (Phi) is 4.42. The summed E-state index contributed by atoms with van der Waals surface area (Å²) in [5.74, 6) is -0.943. The van der Waals surface area contributed by atoms with Gasteiger partial charge in [-0.1, -0.05) is 13.8 Å². The van der Waals surface area contributed by atoms with Gasteiger partial charge in [0.15, 0.2) is 0 Å². The number of rotatable bonds is 4. The smallest absolute Gasteiger partial charge is 0.207 e. The van der Waals surface area contributed by atoms with E-state index in [0.29, 0.717) is 24.0 Å². The highest BCUT2D eigenvalue weighted by Gasteiger charge is 2.23. The van der Waals surface area contributed by atoms with Gasteiger partial charge in [0.2, 0.25) is 9.84 Å². The molecular formula is C16H16F2O2S. The van der Waals surface area contributed by atoms with Gasteiger partial charge in [-0.15, -0.1) is 0 Å². The predicted molar refractivity (Wildman–Crippen MR) is 77.0 cm³/mol. The van der Waals surface area contributed by atoms with Crippen molar-refractivity contribution in [3.8, 4) is 0 Å². The molecule has 2 nitrogen and oxygen atoms in total. The molecule has 0 unspecified atom stereocenters. The second-order valence-corrected chi connectivity index (χ2v) is 6.60. The van der Waals surface area contributed by atoms with Crippen molar-refractivity contribution in [2.75, 3.05) is 0 Å². The first kappa shape index (κ1) is 15.6. The minimum atomic E-state index is -3.79. The molecule has 0 saturated carbocycles. The van der Waals surface area contributed by atoms with Gasteiger partial charge in [0.05, 0.1) is 9.79 Å². The number of halogens is 2. The topological polar surface area (TPSA) is 34.1 Å². The van der Waals surface area contributed by atoms with Gasteiger partial charge in [0.25, 0.3) is 0 Å². The molecule has 0 amide bonds. The summed E-state index contributed by atoms with van der Waals surface area (Å²) < 4.78 is 52.1. The molecule has 2 aromatic carbocycles. The van der Waals surface area contributed by atoms with Crippen LogP contribution in [0.4, 0.5) is 8.78 Å². The van der Waals surface area contributed by atoms with Gasteiger partial charge in [-0.25, -0.2) is 17.2 Å². The summed E-state index contributed by atoms with van der Waals surface area (Å²) in [6, 6.07) is 7.24. The molecule has 0 aliphatic rings. The summed E-state index contributed by atoms with van der Waals surface area (Å²) in [5.41, 5.74) is 0.836. The fraction of sp³-hybridized carbons (Fsp3) is 0.250.